The molecule has 1 amide bonds. The summed E-state index contributed by atoms with van der Waals surface area (Å²) in [6.07, 6.45) is 0. The van der Waals surface area contributed by atoms with E-state index in [2.05, 4.69) is 20.0 Å². The molecule has 0 aliphatic carbocycles. The lowest BCUT2D eigenvalue weighted by atomic mass is 9.99. The Hall–Kier alpha value is -3.23. The molecule has 2 N–H and O–H groups in total. The van der Waals surface area contributed by atoms with E-state index in [0.29, 0.717) is 16.1 Å². The van der Waals surface area contributed by atoms with Gasteiger partial charge in [0, 0.05) is 5.02 Å². The number of Topliss-reactive ketones (excluding diaryl/α,β-unsaturated/α-hetero) is 1. The highest BCUT2D eigenvalue weighted by Gasteiger charge is 2.38. The zero-order valence-corrected chi connectivity index (χ0v) is 18.2. The van der Waals surface area contributed by atoms with Gasteiger partial charge in [-0.2, -0.15) is 0 Å². The van der Waals surface area contributed by atoms with Gasteiger partial charge in [-0.15, -0.1) is 0 Å². The average molecular weight is 462 g/mol. The van der Waals surface area contributed by atoms with E-state index in [1.165, 1.54) is 18.2 Å². The number of esters is 1. The quantitative estimate of drug-likeness (QED) is 0.341. The van der Waals surface area contributed by atoms with Gasteiger partial charge in [0.25, 0.3) is 11.5 Å². The van der Waals surface area contributed by atoms with Crippen LogP contribution in [0.2, 0.25) is 10.0 Å². The van der Waals surface area contributed by atoms with Gasteiger partial charge < -0.3 is 15.0 Å². The van der Waals surface area contributed by atoms with Crippen LogP contribution in [0.15, 0.2) is 35.1 Å². The first-order valence-electron chi connectivity index (χ1n) is 9.01. The summed E-state index contributed by atoms with van der Waals surface area (Å²) in [7, 11) is 1.04. The SMILES string of the molecule is COC(=O)[C@@H](C(=O)C(=O)Nc1ccc(Cl)cc1Cl)c1nc2cc(C)c(C)cc2[nH]c1=O. The molecule has 0 unspecified atom stereocenters. The van der Waals surface area contributed by atoms with Crippen LogP contribution in [0.3, 0.4) is 0 Å². The lowest BCUT2D eigenvalue weighted by Gasteiger charge is -2.14. The number of fused-ring (bicyclic) bond motifs is 1. The van der Waals surface area contributed by atoms with Crippen LogP contribution in [0.1, 0.15) is 22.7 Å². The minimum atomic E-state index is -1.86. The summed E-state index contributed by atoms with van der Waals surface area (Å²) in [5, 5.41) is 2.74. The molecule has 1 aromatic heterocycles. The molecule has 3 aromatic rings. The van der Waals surface area contributed by atoms with E-state index in [-0.39, 0.29) is 10.7 Å². The Morgan fingerprint density at radius 3 is 2.42 bits per heavy atom. The van der Waals surface area contributed by atoms with Crippen molar-refractivity contribution < 1.29 is 19.1 Å². The van der Waals surface area contributed by atoms with E-state index >= 15 is 0 Å². The largest absolute Gasteiger partial charge is 0.468 e. The molecule has 0 fully saturated rings. The Morgan fingerprint density at radius 1 is 1.10 bits per heavy atom. The van der Waals surface area contributed by atoms with Crippen LogP contribution in [0.4, 0.5) is 5.69 Å². The van der Waals surface area contributed by atoms with Gasteiger partial charge in [0.2, 0.25) is 5.78 Å². The van der Waals surface area contributed by atoms with Crippen molar-refractivity contribution in [2.45, 2.75) is 19.8 Å². The Labute approximate surface area is 186 Å². The Kier molecular flexibility index (Phi) is 6.42. The van der Waals surface area contributed by atoms with Crippen LogP contribution in [0.25, 0.3) is 11.0 Å². The Balaban J connectivity index is 2.03. The molecule has 1 heterocycles. The van der Waals surface area contributed by atoms with Gasteiger partial charge in [0.05, 0.1) is 28.9 Å². The van der Waals surface area contributed by atoms with Crippen LogP contribution >= 0.6 is 23.2 Å². The van der Waals surface area contributed by atoms with E-state index in [1.54, 1.807) is 12.1 Å². The lowest BCUT2D eigenvalue weighted by molar-refractivity contribution is -0.148. The highest BCUT2D eigenvalue weighted by molar-refractivity contribution is 6.46. The smallest absolute Gasteiger partial charge is 0.323 e. The first kappa shape index (κ1) is 22.5. The number of H-pyrrole nitrogens is 1. The number of ketones is 1. The van der Waals surface area contributed by atoms with E-state index in [1.807, 2.05) is 13.8 Å². The molecule has 160 valence electrons. The number of carbonyl (C=O) groups excluding carboxylic acids is 3. The number of nitrogens with one attached hydrogen (secondary N) is 2. The number of ether oxygens (including phenoxy) is 1. The van der Waals surface area contributed by atoms with E-state index < -0.39 is 34.8 Å². The highest BCUT2D eigenvalue weighted by atomic mass is 35.5. The molecule has 0 bridgehead atoms. The fraction of sp³-hybridized carbons (Fsp3) is 0.190. The van der Waals surface area contributed by atoms with Crippen LogP contribution in [0.5, 0.6) is 0 Å². The van der Waals surface area contributed by atoms with Gasteiger partial charge >= 0.3 is 5.97 Å². The van der Waals surface area contributed by atoms with Crippen molar-refractivity contribution in [3.05, 3.63) is 67.6 Å². The minimum Gasteiger partial charge on any atom is -0.468 e. The molecule has 0 aliphatic rings. The average Bonchev–Trinajstić information content (AvgIpc) is 2.71. The summed E-state index contributed by atoms with van der Waals surface area (Å²) in [5.41, 5.74) is 1.51. The molecule has 2 aromatic carbocycles. The molecule has 0 saturated heterocycles. The molecule has 0 spiro atoms. The molecule has 1 atom stereocenters. The number of hydrogen-bond acceptors (Lipinski definition) is 6. The van der Waals surface area contributed by atoms with Crippen LogP contribution < -0.4 is 10.9 Å². The van der Waals surface area contributed by atoms with Gasteiger partial charge in [-0.3, -0.25) is 19.2 Å². The van der Waals surface area contributed by atoms with Gasteiger partial charge in [-0.25, -0.2) is 4.98 Å². The molecule has 3 rings (SSSR count). The number of nitrogens with zero attached hydrogens (tertiary/aromatic N) is 1. The monoisotopic (exact) mass is 461 g/mol. The molecule has 0 radical (unpaired) electrons. The van der Waals surface area contributed by atoms with Crippen molar-refractivity contribution in [1.29, 1.82) is 0 Å². The predicted molar refractivity (Wildman–Crippen MR) is 117 cm³/mol. The number of amides is 1. The number of methoxy groups -OCH3 is 1. The third kappa shape index (κ3) is 4.60. The topological polar surface area (TPSA) is 118 Å². The summed E-state index contributed by atoms with van der Waals surface area (Å²) in [5.74, 6) is -5.34. The number of carbonyl (C=O) groups is 3. The summed E-state index contributed by atoms with van der Waals surface area (Å²) < 4.78 is 4.66. The molecule has 0 aliphatic heterocycles. The fourth-order valence-corrected chi connectivity index (χ4v) is 3.38. The number of rotatable bonds is 5. The molecular weight excluding hydrogens is 445 g/mol. The maximum absolute atomic E-state index is 12.9. The number of benzene rings is 2. The van der Waals surface area contributed by atoms with E-state index in [0.717, 1.165) is 18.2 Å². The zero-order valence-electron chi connectivity index (χ0n) is 16.7. The number of anilines is 1. The van der Waals surface area contributed by atoms with Crippen molar-refractivity contribution in [3.8, 4) is 0 Å². The van der Waals surface area contributed by atoms with E-state index in [9.17, 15) is 19.2 Å². The molecule has 0 saturated carbocycles. The second kappa shape index (κ2) is 8.87. The number of aryl methyl sites for hydroxylation is 2. The number of hydrogen-bond donors (Lipinski definition) is 2. The van der Waals surface area contributed by atoms with Crippen molar-refractivity contribution in [2.75, 3.05) is 12.4 Å². The van der Waals surface area contributed by atoms with Crippen molar-refractivity contribution >= 4 is 57.6 Å². The summed E-state index contributed by atoms with van der Waals surface area (Å²) in [6, 6.07) is 7.67. The maximum atomic E-state index is 12.9. The Bertz CT molecular complexity index is 1290. The molecular formula is C21H17Cl2N3O5. The third-order valence-corrected chi connectivity index (χ3v) is 5.26. The van der Waals surface area contributed by atoms with Crippen LogP contribution in [0, 0.1) is 13.8 Å². The van der Waals surface area contributed by atoms with Gasteiger partial charge in [-0.05, 0) is 55.3 Å². The molecule has 31 heavy (non-hydrogen) atoms. The van der Waals surface area contributed by atoms with Gasteiger partial charge in [0.15, 0.2) is 5.92 Å². The summed E-state index contributed by atoms with van der Waals surface area (Å²) in [6.45, 7) is 3.72. The fourth-order valence-electron chi connectivity index (χ4n) is 2.92. The second-order valence-corrected chi connectivity index (χ2v) is 7.65. The maximum Gasteiger partial charge on any atom is 0.323 e. The van der Waals surface area contributed by atoms with E-state index in [4.69, 9.17) is 23.2 Å². The standard InChI is InChI=1S/C21H17Cl2N3O5/c1-9-6-14-15(7-10(9)2)26-19(28)17(24-14)16(21(30)31-3)18(27)20(29)25-13-5-4-11(22)8-12(13)23/h4-8,16H,1-3H3,(H,25,29)(H,26,28)/t16-/m1/s1. The lowest BCUT2D eigenvalue weighted by Crippen LogP contribution is -2.37. The number of aromatic nitrogens is 2. The second-order valence-electron chi connectivity index (χ2n) is 6.80. The third-order valence-electron chi connectivity index (χ3n) is 4.71. The van der Waals surface area contributed by atoms with Crippen LogP contribution in [-0.4, -0.2) is 34.7 Å². The van der Waals surface area contributed by atoms with Crippen molar-refractivity contribution in [3.63, 3.8) is 0 Å². The highest BCUT2D eigenvalue weighted by Crippen LogP contribution is 2.26. The molecule has 8 nitrogen and oxygen atoms in total. The summed E-state index contributed by atoms with van der Waals surface area (Å²) in [4.78, 5) is 57.2. The number of aromatic amines is 1. The predicted octanol–water partition coefficient (Wildman–Crippen LogP) is 3.31. The van der Waals surface area contributed by atoms with Crippen LogP contribution in [-0.2, 0) is 19.1 Å². The van der Waals surface area contributed by atoms with Gasteiger partial charge in [0.1, 0.15) is 5.69 Å². The zero-order chi connectivity index (χ0) is 22.9. The normalized spacial score (nSPS) is 11.8. The Morgan fingerprint density at radius 2 is 1.77 bits per heavy atom. The molecule has 10 heteroatoms. The first-order chi connectivity index (χ1) is 14.6. The number of halogens is 2. The van der Waals surface area contributed by atoms with Crippen molar-refractivity contribution in [2.24, 2.45) is 0 Å². The van der Waals surface area contributed by atoms with Crippen molar-refractivity contribution in [1.82, 2.24) is 9.97 Å². The van der Waals surface area contributed by atoms with Gasteiger partial charge in [-0.1, -0.05) is 23.2 Å². The summed E-state index contributed by atoms with van der Waals surface area (Å²) >= 11 is 11.8. The first-order valence-corrected chi connectivity index (χ1v) is 9.77. The minimum absolute atomic E-state index is 0.0933.